The van der Waals surface area contributed by atoms with Crippen LogP contribution in [0.15, 0.2) is 54.6 Å². The summed E-state index contributed by atoms with van der Waals surface area (Å²) in [7, 11) is 0. The zero-order valence-corrected chi connectivity index (χ0v) is 15.2. The molecule has 2 saturated heterocycles. The van der Waals surface area contributed by atoms with Crippen LogP contribution in [0.3, 0.4) is 0 Å². The molecule has 0 spiro atoms. The van der Waals surface area contributed by atoms with E-state index in [1.54, 1.807) is 6.07 Å². The molecule has 0 saturated carbocycles. The van der Waals surface area contributed by atoms with Crippen LogP contribution < -0.4 is 5.32 Å². The van der Waals surface area contributed by atoms with Gasteiger partial charge in [0.05, 0.1) is 0 Å². The van der Waals surface area contributed by atoms with E-state index in [0.29, 0.717) is 23.8 Å². The summed E-state index contributed by atoms with van der Waals surface area (Å²) in [5.74, 6) is 0.930. The third-order valence-corrected chi connectivity index (χ3v) is 6.50. The molecule has 3 nitrogen and oxygen atoms in total. The van der Waals surface area contributed by atoms with Crippen LogP contribution in [0.4, 0.5) is 0 Å². The van der Waals surface area contributed by atoms with Crippen LogP contribution in [0, 0.1) is 5.92 Å². The molecule has 25 heavy (non-hydrogen) atoms. The highest BCUT2D eigenvalue weighted by Gasteiger charge is 2.44. The molecule has 0 radical (unpaired) electrons. The average Bonchev–Trinajstić information content (AvgIpc) is 2.63. The minimum atomic E-state index is 0.112. The number of nitrogens with zero attached hydrogens (tertiary/aromatic N) is 1. The van der Waals surface area contributed by atoms with Crippen molar-refractivity contribution < 1.29 is 5.11 Å². The first-order valence-corrected chi connectivity index (χ1v) is 9.38. The Kier molecular flexibility index (Phi) is 4.30. The molecule has 2 aliphatic rings. The number of fused-ring (bicyclic) bond motifs is 1. The number of nitrogens with one attached hydrogen (secondary N) is 1. The van der Waals surface area contributed by atoms with E-state index in [2.05, 4.69) is 60.5 Å². The molecule has 2 fully saturated rings. The number of phenolic OH excluding ortho intramolecular Hbond substituents is 1. The van der Waals surface area contributed by atoms with E-state index < -0.39 is 0 Å². The van der Waals surface area contributed by atoms with Crippen molar-refractivity contribution in [2.45, 2.75) is 37.8 Å². The van der Waals surface area contributed by atoms with Gasteiger partial charge in [0.1, 0.15) is 5.75 Å². The number of piperidine rings is 1. The molecule has 3 heteroatoms. The Labute approximate surface area is 150 Å². The van der Waals surface area contributed by atoms with Gasteiger partial charge in [0.2, 0.25) is 0 Å². The van der Waals surface area contributed by atoms with Crippen LogP contribution in [-0.4, -0.2) is 35.7 Å². The van der Waals surface area contributed by atoms with Crippen LogP contribution in [0.25, 0.3) is 0 Å². The Morgan fingerprint density at radius 1 is 1.08 bits per heavy atom. The fraction of sp³-hybridized carbons (Fsp3) is 0.455. The summed E-state index contributed by atoms with van der Waals surface area (Å²) < 4.78 is 0. The summed E-state index contributed by atoms with van der Waals surface area (Å²) in [6, 6.07) is 19.6. The summed E-state index contributed by atoms with van der Waals surface area (Å²) in [5, 5.41) is 13.7. The standard InChI is InChI=1S/C22H28N2O/c1-16-14-24-15-21(17-7-4-3-5-8-17)23-13-19(24)12-22(16,2)18-9-6-10-20(25)11-18/h3-11,16,19,21,23,25H,12-15H2,1-2H3/t16-,19+,21?,22+/m0/s1. The van der Waals surface area contributed by atoms with Gasteiger partial charge in [-0.25, -0.2) is 0 Å². The van der Waals surface area contributed by atoms with Crippen molar-refractivity contribution >= 4 is 0 Å². The Balaban J connectivity index is 1.53. The van der Waals surface area contributed by atoms with Gasteiger partial charge in [-0.15, -0.1) is 0 Å². The van der Waals surface area contributed by atoms with Crippen LogP contribution in [-0.2, 0) is 5.41 Å². The van der Waals surface area contributed by atoms with Crippen molar-refractivity contribution in [1.82, 2.24) is 10.2 Å². The number of hydrogen-bond donors (Lipinski definition) is 2. The lowest BCUT2D eigenvalue weighted by molar-refractivity contribution is 0.0241. The molecule has 2 N–H and O–H groups in total. The van der Waals surface area contributed by atoms with Crippen molar-refractivity contribution in [2.24, 2.45) is 5.92 Å². The van der Waals surface area contributed by atoms with Crippen molar-refractivity contribution in [3.63, 3.8) is 0 Å². The highest BCUT2D eigenvalue weighted by atomic mass is 16.3. The number of hydrogen-bond acceptors (Lipinski definition) is 3. The quantitative estimate of drug-likeness (QED) is 0.878. The van der Waals surface area contributed by atoms with Crippen molar-refractivity contribution in [2.75, 3.05) is 19.6 Å². The molecule has 1 unspecified atom stereocenters. The molecule has 2 aliphatic heterocycles. The maximum atomic E-state index is 9.91. The fourth-order valence-electron chi connectivity index (χ4n) is 4.70. The zero-order valence-electron chi connectivity index (χ0n) is 15.2. The van der Waals surface area contributed by atoms with Gasteiger partial charge in [0.15, 0.2) is 0 Å². The molecule has 2 aromatic carbocycles. The Morgan fingerprint density at radius 3 is 2.64 bits per heavy atom. The summed E-state index contributed by atoms with van der Waals surface area (Å²) in [6.07, 6.45) is 1.13. The van der Waals surface area contributed by atoms with Crippen molar-refractivity contribution in [3.8, 4) is 5.75 Å². The SMILES string of the molecule is C[C@H]1CN2CC(c3ccccc3)NC[C@H]2C[C@@]1(C)c1cccc(O)c1. The first-order chi connectivity index (χ1) is 12.1. The van der Waals surface area contributed by atoms with Crippen LogP contribution in [0.5, 0.6) is 5.75 Å². The number of aromatic hydroxyl groups is 1. The molecule has 0 aliphatic carbocycles. The lowest BCUT2D eigenvalue weighted by atomic mass is 9.65. The van der Waals surface area contributed by atoms with E-state index in [4.69, 9.17) is 0 Å². The molecule has 0 bridgehead atoms. The molecule has 2 aromatic rings. The summed E-state index contributed by atoms with van der Waals surface area (Å²) in [4.78, 5) is 2.67. The van der Waals surface area contributed by atoms with E-state index in [1.807, 2.05) is 12.1 Å². The monoisotopic (exact) mass is 336 g/mol. The third-order valence-electron chi connectivity index (χ3n) is 6.50. The second-order valence-electron chi connectivity index (χ2n) is 8.05. The lowest BCUT2D eigenvalue weighted by Crippen LogP contribution is -2.60. The van der Waals surface area contributed by atoms with E-state index >= 15 is 0 Å². The predicted octanol–water partition coefficient (Wildman–Crippen LogP) is 3.70. The average molecular weight is 336 g/mol. The highest BCUT2D eigenvalue weighted by Crippen LogP contribution is 2.43. The van der Waals surface area contributed by atoms with E-state index in [-0.39, 0.29) is 5.41 Å². The van der Waals surface area contributed by atoms with Gasteiger partial charge >= 0.3 is 0 Å². The van der Waals surface area contributed by atoms with E-state index in [1.165, 1.54) is 11.1 Å². The second kappa shape index (κ2) is 6.47. The summed E-state index contributed by atoms with van der Waals surface area (Å²) in [6.45, 7) is 7.95. The van der Waals surface area contributed by atoms with Gasteiger partial charge in [0.25, 0.3) is 0 Å². The second-order valence-corrected chi connectivity index (χ2v) is 8.05. The summed E-state index contributed by atoms with van der Waals surface area (Å²) in [5.41, 5.74) is 2.76. The molecule has 4 rings (SSSR count). The first kappa shape index (κ1) is 16.6. The maximum absolute atomic E-state index is 9.91. The van der Waals surface area contributed by atoms with Gasteiger partial charge in [0, 0.05) is 31.7 Å². The van der Waals surface area contributed by atoms with Crippen molar-refractivity contribution in [3.05, 3.63) is 65.7 Å². The van der Waals surface area contributed by atoms with Gasteiger partial charge in [-0.05, 0) is 41.0 Å². The molecule has 0 amide bonds. The number of phenols is 1. The number of benzene rings is 2. The minimum absolute atomic E-state index is 0.112. The Morgan fingerprint density at radius 2 is 1.88 bits per heavy atom. The molecule has 2 heterocycles. The normalized spacial score (nSPS) is 33.0. The first-order valence-electron chi connectivity index (χ1n) is 9.38. The lowest BCUT2D eigenvalue weighted by Gasteiger charge is -2.53. The highest BCUT2D eigenvalue weighted by molar-refractivity contribution is 5.34. The molecular formula is C22H28N2O. The van der Waals surface area contributed by atoms with E-state index in [0.717, 1.165) is 26.1 Å². The van der Waals surface area contributed by atoms with E-state index in [9.17, 15) is 5.11 Å². The van der Waals surface area contributed by atoms with Crippen molar-refractivity contribution in [1.29, 1.82) is 0 Å². The zero-order chi connectivity index (χ0) is 17.4. The van der Waals surface area contributed by atoms with Gasteiger partial charge in [-0.3, -0.25) is 4.90 Å². The van der Waals surface area contributed by atoms with Gasteiger partial charge < -0.3 is 10.4 Å². The smallest absolute Gasteiger partial charge is 0.115 e. The largest absolute Gasteiger partial charge is 0.508 e. The van der Waals surface area contributed by atoms with Gasteiger partial charge in [-0.1, -0.05) is 56.3 Å². The van der Waals surface area contributed by atoms with Crippen LogP contribution in [0.1, 0.15) is 37.4 Å². The van der Waals surface area contributed by atoms with Crippen LogP contribution >= 0.6 is 0 Å². The van der Waals surface area contributed by atoms with Gasteiger partial charge in [-0.2, -0.15) is 0 Å². The Hall–Kier alpha value is -1.84. The number of rotatable bonds is 2. The fourth-order valence-corrected chi connectivity index (χ4v) is 4.70. The van der Waals surface area contributed by atoms with Crippen LogP contribution in [0.2, 0.25) is 0 Å². The Bertz CT molecular complexity index is 732. The third kappa shape index (κ3) is 3.07. The molecule has 4 atom stereocenters. The molecular weight excluding hydrogens is 308 g/mol. The molecule has 0 aromatic heterocycles. The minimum Gasteiger partial charge on any atom is -0.508 e. The molecule has 132 valence electrons. The topological polar surface area (TPSA) is 35.5 Å². The number of piperazine rings is 1. The maximum Gasteiger partial charge on any atom is 0.115 e. The summed E-state index contributed by atoms with van der Waals surface area (Å²) >= 11 is 0. The predicted molar refractivity (Wildman–Crippen MR) is 102 cm³/mol.